The number of hydrogen-bond acceptors (Lipinski definition) is 4. The molecule has 1 aromatic carbocycles. The Kier molecular flexibility index (Phi) is 3.84. The number of primary amides is 1. The third-order valence-corrected chi connectivity index (χ3v) is 3.07. The molecule has 104 valence electrons. The summed E-state index contributed by atoms with van der Waals surface area (Å²) in [6, 6.07) is 6.37. The lowest BCUT2D eigenvalue weighted by atomic mass is 10.1. The number of hydrogen-bond donors (Lipinski definition) is 3. The average molecular weight is 273 g/mol. The Morgan fingerprint density at radius 3 is 2.70 bits per heavy atom. The normalized spacial score (nSPS) is 12.1. The summed E-state index contributed by atoms with van der Waals surface area (Å²) < 4.78 is 0. The van der Waals surface area contributed by atoms with Crippen LogP contribution in [0, 0.1) is 0 Å². The Hall–Kier alpha value is -2.63. The monoisotopic (exact) mass is 273 g/mol. The molecule has 1 amide bonds. The molecule has 0 saturated heterocycles. The smallest absolute Gasteiger partial charge is 0.326 e. The van der Waals surface area contributed by atoms with E-state index in [4.69, 9.17) is 10.8 Å². The molecule has 0 bridgehead atoms. The standard InChI is InChI=1S/C14H15N3O3/c1-2-10(14(19)20)17-12-8-5-3-4-6-11(8)16-7-9(12)13(15)18/h3-7,10H,2H2,1H3,(H2,15,18)(H,16,17)(H,19,20). The van der Waals surface area contributed by atoms with E-state index in [1.165, 1.54) is 6.20 Å². The highest BCUT2D eigenvalue weighted by atomic mass is 16.4. The van der Waals surface area contributed by atoms with E-state index in [1.807, 2.05) is 6.07 Å². The molecule has 6 heteroatoms. The molecular formula is C14H15N3O3. The van der Waals surface area contributed by atoms with Gasteiger partial charge in [0.2, 0.25) is 0 Å². The predicted octanol–water partition coefficient (Wildman–Crippen LogP) is 1.61. The molecule has 0 fully saturated rings. The Morgan fingerprint density at radius 1 is 1.40 bits per heavy atom. The van der Waals surface area contributed by atoms with Gasteiger partial charge in [0.1, 0.15) is 6.04 Å². The van der Waals surface area contributed by atoms with Crippen molar-refractivity contribution in [1.29, 1.82) is 0 Å². The number of amides is 1. The fraction of sp³-hybridized carbons (Fsp3) is 0.214. The van der Waals surface area contributed by atoms with Gasteiger partial charge in [0.05, 0.1) is 16.8 Å². The van der Waals surface area contributed by atoms with Crippen LogP contribution in [0.1, 0.15) is 23.7 Å². The largest absolute Gasteiger partial charge is 0.480 e. The quantitative estimate of drug-likeness (QED) is 0.767. The molecule has 6 nitrogen and oxygen atoms in total. The van der Waals surface area contributed by atoms with Gasteiger partial charge >= 0.3 is 5.97 Å². The van der Waals surface area contributed by atoms with E-state index in [0.29, 0.717) is 23.0 Å². The van der Waals surface area contributed by atoms with Crippen LogP contribution in [0.2, 0.25) is 0 Å². The number of para-hydroxylation sites is 1. The third kappa shape index (κ3) is 2.54. The molecule has 20 heavy (non-hydrogen) atoms. The lowest BCUT2D eigenvalue weighted by Gasteiger charge is -2.17. The predicted molar refractivity (Wildman–Crippen MR) is 75.6 cm³/mol. The number of aromatic nitrogens is 1. The van der Waals surface area contributed by atoms with Crippen molar-refractivity contribution in [3.63, 3.8) is 0 Å². The van der Waals surface area contributed by atoms with Gasteiger partial charge in [0.25, 0.3) is 5.91 Å². The minimum absolute atomic E-state index is 0.184. The molecule has 0 aliphatic rings. The Balaban J connectivity index is 2.60. The molecule has 1 aromatic heterocycles. The van der Waals surface area contributed by atoms with Crippen LogP contribution in [0.4, 0.5) is 5.69 Å². The van der Waals surface area contributed by atoms with E-state index in [2.05, 4.69) is 10.3 Å². The number of pyridine rings is 1. The van der Waals surface area contributed by atoms with Gasteiger partial charge < -0.3 is 16.2 Å². The fourth-order valence-corrected chi connectivity index (χ4v) is 2.00. The highest BCUT2D eigenvalue weighted by Crippen LogP contribution is 2.26. The van der Waals surface area contributed by atoms with E-state index < -0.39 is 17.9 Å². The lowest BCUT2D eigenvalue weighted by Crippen LogP contribution is -2.30. The third-order valence-electron chi connectivity index (χ3n) is 3.07. The lowest BCUT2D eigenvalue weighted by molar-refractivity contribution is -0.137. The number of carbonyl (C=O) groups excluding carboxylic acids is 1. The molecule has 0 saturated carbocycles. The first-order valence-electron chi connectivity index (χ1n) is 6.21. The molecule has 0 aliphatic heterocycles. The van der Waals surface area contributed by atoms with Crippen LogP contribution in [-0.2, 0) is 4.79 Å². The number of nitrogens with two attached hydrogens (primary N) is 1. The van der Waals surface area contributed by atoms with Gasteiger partial charge in [-0.05, 0) is 12.5 Å². The van der Waals surface area contributed by atoms with E-state index >= 15 is 0 Å². The van der Waals surface area contributed by atoms with E-state index in [9.17, 15) is 9.59 Å². The number of nitrogens with one attached hydrogen (secondary N) is 1. The SMILES string of the molecule is CCC(Nc1c(C(N)=O)cnc2ccccc12)C(=O)O. The van der Waals surface area contributed by atoms with Crippen molar-refractivity contribution in [3.8, 4) is 0 Å². The molecule has 1 unspecified atom stereocenters. The first kappa shape index (κ1) is 13.8. The molecule has 1 atom stereocenters. The number of benzene rings is 1. The number of carboxylic acid groups (broad SMARTS) is 1. The van der Waals surface area contributed by atoms with Crippen molar-refractivity contribution < 1.29 is 14.7 Å². The molecule has 2 aromatic rings. The summed E-state index contributed by atoms with van der Waals surface area (Å²) in [5.74, 6) is -1.63. The zero-order valence-corrected chi connectivity index (χ0v) is 11.0. The van der Waals surface area contributed by atoms with Crippen molar-refractivity contribution in [3.05, 3.63) is 36.0 Å². The van der Waals surface area contributed by atoms with Gasteiger partial charge in [-0.2, -0.15) is 0 Å². The first-order valence-corrected chi connectivity index (χ1v) is 6.21. The number of aliphatic carboxylic acids is 1. The summed E-state index contributed by atoms with van der Waals surface area (Å²) in [5, 5.41) is 12.7. The number of carboxylic acids is 1. The summed E-state index contributed by atoms with van der Waals surface area (Å²) in [6.45, 7) is 1.75. The van der Waals surface area contributed by atoms with Gasteiger partial charge in [-0.25, -0.2) is 4.79 Å². The molecular weight excluding hydrogens is 258 g/mol. The van der Waals surface area contributed by atoms with Crippen LogP contribution in [0.25, 0.3) is 10.9 Å². The molecule has 2 rings (SSSR count). The second-order valence-electron chi connectivity index (χ2n) is 4.37. The second kappa shape index (κ2) is 5.56. The zero-order chi connectivity index (χ0) is 14.7. The number of nitrogens with zero attached hydrogens (tertiary/aromatic N) is 1. The number of rotatable bonds is 5. The van der Waals surface area contributed by atoms with Crippen LogP contribution in [0.5, 0.6) is 0 Å². The minimum atomic E-state index is -0.983. The van der Waals surface area contributed by atoms with E-state index in [-0.39, 0.29) is 5.56 Å². The van der Waals surface area contributed by atoms with E-state index in [1.54, 1.807) is 25.1 Å². The van der Waals surface area contributed by atoms with Crippen molar-refractivity contribution in [2.75, 3.05) is 5.32 Å². The Bertz CT molecular complexity index is 670. The van der Waals surface area contributed by atoms with Gasteiger partial charge in [0.15, 0.2) is 0 Å². The highest BCUT2D eigenvalue weighted by molar-refractivity contribution is 6.07. The highest BCUT2D eigenvalue weighted by Gasteiger charge is 2.20. The van der Waals surface area contributed by atoms with Crippen molar-refractivity contribution >= 4 is 28.5 Å². The summed E-state index contributed by atoms with van der Waals surface area (Å²) in [6.07, 6.45) is 1.74. The maximum Gasteiger partial charge on any atom is 0.326 e. The second-order valence-corrected chi connectivity index (χ2v) is 4.37. The van der Waals surface area contributed by atoms with Crippen LogP contribution >= 0.6 is 0 Å². The van der Waals surface area contributed by atoms with Gasteiger partial charge in [0, 0.05) is 11.6 Å². The molecule has 1 heterocycles. The van der Waals surface area contributed by atoms with Crippen LogP contribution < -0.4 is 11.1 Å². The number of anilines is 1. The summed E-state index contributed by atoms with van der Waals surface area (Å²) >= 11 is 0. The Morgan fingerprint density at radius 2 is 2.10 bits per heavy atom. The van der Waals surface area contributed by atoms with E-state index in [0.717, 1.165) is 0 Å². The fourth-order valence-electron chi connectivity index (χ4n) is 2.00. The Labute approximate surface area is 115 Å². The average Bonchev–Trinajstić information content (AvgIpc) is 2.43. The topological polar surface area (TPSA) is 105 Å². The summed E-state index contributed by atoms with van der Waals surface area (Å²) in [4.78, 5) is 26.8. The number of fused-ring (bicyclic) bond motifs is 1. The molecule has 0 aliphatic carbocycles. The maximum absolute atomic E-state index is 11.5. The molecule has 0 spiro atoms. The molecule has 0 radical (unpaired) electrons. The van der Waals surface area contributed by atoms with Crippen LogP contribution in [0.15, 0.2) is 30.5 Å². The maximum atomic E-state index is 11.5. The summed E-state index contributed by atoms with van der Waals surface area (Å²) in [7, 11) is 0. The minimum Gasteiger partial charge on any atom is -0.480 e. The van der Waals surface area contributed by atoms with Crippen LogP contribution in [-0.4, -0.2) is 28.0 Å². The number of carbonyl (C=O) groups is 2. The summed E-state index contributed by atoms with van der Waals surface area (Å²) in [5.41, 5.74) is 6.60. The van der Waals surface area contributed by atoms with Crippen molar-refractivity contribution in [2.24, 2.45) is 5.73 Å². The van der Waals surface area contributed by atoms with Crippen LogP contribution in [0.3, 0.4) is 0 Å². The first-order chi connectivity index (χ1) is 9.54. The molecule has 4 N–H and O–H groups in total. The van der Waals surface area contributed by atoms with Crippen molar-refractivity contribution in [2.45, 2.75) is 19.4 Å². The van der Waals surface area contributed by atoms with Crippen molar-refractivity contribution in [1.82, 2.24) is 4.98 Å². The van der Waals surface area contributed by atoms with Gasteiger partial charge in [-0.3, -0.25) is 9.78 Å². The van der Waals surface area contributed by atoms with Gasteiger partial charge in [-0.15, -0.1) is 0 Å². The zero-order valence-electron chi connectivity index (χ0n) is 11.0. The van der Waals surface area contributed by atoms with Gasteiger partial charge in [-0.1, -0.05) is 25.1 Å².